The maximum Gasteiger partial charge on any atom is 0.417 e. The van der Waals surface area contributed by atoms with Gasteiger partial charge in [0.05, 0.1) is 11.8 Å². The van der Waals surface area contributed by atoms with E-state index < -0.39 is 11.7 Å². The third-order valence-corrected chi connectivity index (χ3v) is 5.31. The Balaban J connectivity index is 1.69. The van der Waals surface area contributed by atoms with Crippen molar-refractivity contribution >= 4 is 17.4 Å². The molecule has 0 saturated carbocycles. The second-order valence-electron chi connectivity index (χ2n) is 7.55. The van der Waals surface area contributed by atoms with Crippen molar-refractivity contribution in [3.05, 3.63) is 42.4 Å². The third kappa shape index (κ3) is 3.57. The standard InChI is InChI=1S/C20H21F3N6O/c1-12-9-27(10-13(2)29(12)14(3)30)18-6-7-24-19(26-18)16-8-25-17-5-4-15(11-28(16)17)20(21,22)23/h4-8,11-13H,9-10H2,1-3H3/t12-,13+. The van der Waals surface area contributed by atoms with Crippen LogP contribution in [0.15, 0.2) is 36.8 Å². The van der Waals surface area contributed by atoms with Crippen LogP contribution in [0, 0.1) is 0 Å². The van der Waals surface area contributed by atoms with Crippen molar-refractivity contribution < 1.29 is 18.0 Å². The highest BCUT2D eigenvalue weighted by atomic mass is 19.4. The van der Waals surface area contributed by atoms with Gasteiger partial charge in [-0.1, -0.05) is 0 Å². The van der Waals surface area contributed by atoms with Gasteiger partial charge in [-0.3, -0.25) is 9.20 Å². The minimum absolute atomic E-state index is 0.00908. The average Bonchev–Trinajstić information content (AvgIpc) is 3.10. The summed E-state index contributed by atoms with van der Waals surface area (Å²) in [4.78, 5) is 28.8. The molecule has 3 aromatic rings. The van der Waals surface area contributed by atoms with Crippen LogP contribution < -0.4 is 4.90 Å². The number of alkyl halides is 3. The number of aromatic nitrogens is 4. The van der Waals surface area contributed by atoms with Gasteiger partial charge in [0.1, 0.15) is 17.2 Å². The van der Waals surface area contributed by atoms with Gasteiger partial charge in [0.2, 0.25) is 5.91 Å². The molecular formula is C20H21F3N6O. The van der Waals surface area contributed by atoms with E-state index in [1.54, 1.807) is 19.2 Å². The van der Waals surface area contributed by atoms with Crippen molar-refractivity contribution in [1.29, 1.82) is 0 Å². The molecule has 0 aromatic carbocycles. The Bertz CT molecular complexity index is 1080. The summed E-state index contributed by atoms with van der Waals surface area (Å²) in [6, 6.07) is 4.10. The van der Waals surface area contributed by atoms with Gasteiger partial charge in [-0.2, -0.15) is 13.2 Å². The van der Waals surface area contributed by atoms with E-state index in [1.807, 2.05) is 18.7 Å². The SMILES string of the molecule is CC(=O)N1[C@H](C)CN(c2ccnc(-c3cnc4ccc(C(F)(F)F)cn34)n2)C[C@@H]1C. The molecule has 1 fully saturated rings. The van der Waals surface area contributed by atoms with Crippen molar-refractivity contribution in [2.24, 2.45) is 0 Å². The number of halogens is 3. The number of amides is 1. The summed E-state index contributed by atoms with van der Waals surface area (Å²) < 4.78 is 40.7. The maximum absolute atomic E-state index is 13.1. The number of piperazine rings is 1. The average molecular weight is 418 g/mol. The summed E-state index contributed by atoms with van der Waals surface area (Å²) in [5.41, 5.74) is -0.0147. The number of hydrogen-bond acceptors (Lipinski definition) is 5. The van der Waals surface area contributed by atoms with E-state index in [4.69, 9.17) is 0 Å². The number of carbonyl (C=O) groups is 1. The Morgan fingerprint density at radius 1 is 1.10 bits per heavy atom. The van der Waals surface area contributed by atoms with Crippen LogP contribution in [0.25, 0.3) is 17.2 Å². The van der Waals surface area contributed by atoms with Gasteiger partial charge in [-0.05, 0) is 32.0 Å². The van der Waals surface area contributed by atoms with E-state index in [2.05, 4.69) is 19.9 Å². The Kier molecular flexibility index (Phi) is 4.87. The molecular weight excluding hydrogens is 397 g/mol. The first-order valence-corrected chi connectivity index (χ1v) is 9.56. The molecule has 2 atom stereocenters. The van der Waals surface area contributed by atoms with Crippen LogP contribution in [0.2, 0.25) is 0 Å². The second kappa shape index (κ2) is 7.26. The molecule has 1 aliphatic rings. The van der Waals surface area contributed by atoms with Crippen LogP contribution in [0.3, 0.4) is 0 Å². The highest BCUT2D eigenvalue weighted by Crippen LogP contribution is 2.30. The summed E-state index contributed by atoms with van der Waals surface area (Å²) >= 11 is 0. The first kappa shape index (κ1) is 20.1. The highest BCUT2D eigenvalue weighted by molar-refractivity contribution is 5.74. The van der Waals surface area contributed by atoms with E-state index >= 15 is 0 Å². The predicted molar refractivity (Wildman–Crippen MR) is 105 cm³/mol. The zero-order chi connectivity index (χ0) is 21.6. The van der Waals surface area contributed by atoms with E-state index in [1.165, 1.54) is 16.7 Å². The molecule has 1 amide bonds. The lowest BCUT2D eigenvalue weighted by Crippen LogP contribution is -2.58. The number of fused-ring (bicyclic) bond motifs is 1. The molecule has 0 aliphatic carbocycles. The number of rotatable bonds is 2. The number of nitrogens with zero attached hydrogens (tertiary/aromatic N) is 6. The molecule has 3 aromatic heterocycles. The molecule has 1 aliphatic heterocycles. The molecule has 10 heteroatoms. The van der Waals surface area contributed by atoms with Crippen LogP contribution in [0.5, 0.6) is 0 Å². The van der Waals surface area contributed by atoms with Crippen LogP contribution in [-0.2, 0) is 11.0 Å². The maximum atomic E-state index is 13.1. The van der Waals surface area contributed by atoms with Gasteiger partial charge < -0.3 is 9.80 Å². The number of hydrogen-bond donors (Lipinski definition) is 0. The summed E-state index contributed by atoms with van der Waals surface area (Å²) in [5.74, 6) is 0.974. The first-order chi connectivity index (χ1) is 14.1. The molecule has 30 heavy (non-hydrogen) atoms. The van der Waals surface area contributed by atoms with Crippen molar-refractivity contribution in [1.82, 2.24) is 24.3 Å². The van der Waals surface area contributed by atoms with E-state index in [0.29, 0.717) is 30.2 Å². The lowest BCUT2D eigenvalue weighted by molar-refractivity contribution is -0.138. The smallest absolute Gasteiger partial charge is 0.352 e. The fraction of sp³-hybridized carbons (Fsp3) is 0.400. The summed E-state index contributed by atoms with van der Waals surface area (Å²) in [5, 5.41) is 0. The molecule has 4 rings (SSSR count). The van der Waals surface area contributed by atoms with Gasteiger partial charge >= 0.3 is 6.18 Å². The summed E-state index contributed by atoms with van der Waals surface area (Å²) in [6.07, 6.45) is -0.407. The van der Waals surface area contributed by atoms with Crippen molar-refractivity contribution in [2.75, 3.05) is 18.0 Å². The molecule has 158 valence electrons. The predicted octanol–water partition coefficient (Wildman–Crippen LogP) is 3.26. The Morgan fingerprint density at radius 2 is 1.80 bits per heavy atom. The van der Waals surface area contributed by atoms with E-state index in [-0.39, 0.29) is 23.8 Å². The van der Waals surface area contributed by atoms with Gasteiger partial charge in [0, 0.05) is 44.5 Å². The van der Waals surface area contributed by atoms with Crippen molar-refractivity contribution in [3.8, 4) is 11.5 Å². The van der Waals surface area contributed by atoms with Gasteiger partial charge in [0.25, 0.3) is 0 Å². The number of imidazole rings is 1. The molecule has 0 spiro atoms. The van der Waals surface area contributed by atoms with Crippen LogP contribution in [0.4, 0.5) is 19.0 Å². The van der Waals surface area contributed by atoms with Crippen molar-refractivity contribution in [3.63, 3.8) is 0 Å². The molecule has 0 bridgehead atoms. The Labute approximate surface area is 171 Å². The molecule has 0 N–H and O–H groups in total. The monoisotopic (exact) mass is 418 g/mol. The molecule has 7 nitrogen and oxygen atoms in total. The summed E-state index contributed by atoms with van der Waals surface area (Å²) in [6.45, 7) is 6.73. The quantitative estimate of drug-likeness (QED) is 0.639. The van der Waals surface area contributed by atoms with Gasteiger partial charge in [-0.15, -0.1) is 0 Å². The van der Waals surface area contributed by atoms with Gasteiger partial charge in [-0.25, -0.2) is 15.0 Å². The van der Waals surface area contributed by atoms with Crippen LogP contribution >= 0.6 is 0 Å². The zero-order valence-electron chi connectivity index (χ0n) is 16.8. The molecule has 1 saturated heterocycles. The largest absolute Gasteiger partial charge is 0.417 e. The number of carbonyl (C=O) groups excluding carboxylic acids is 1. The Morgan fingerprint density at radius 3 is 2.43 bits per heavy atom. The van der Waals surface area contributed by atoms with E-state index in [9.17, 15) is 18.0 Å². The number of anilines is 1. The fourth-order valence-electron chi connectivity index (χ4n) is 4.09. The van der Waals surface area contributed by atoms with E-state index in [0.717, 1.165) is 12.3 Å². The van der Waals surface area contributed by atoms with Crippen LogP contribution in [0.1, 0.15) is 26.3 Å². The lowest BCUT2D eigenvalue weighted by Gasteiger charge is -2.44. The molecule has 0 unspecified atom stereocenters. The first-order valence-electron chi connectivity index (χ1n) is 9.56. The highest BCUT2D eigenvalue weighted by Gasteiger charge is 2.32. The minimum atomic E-state index is -4.46. The second-order valence-corrected chi connectivity index (χ2v) is 7.55. The van der Waals surface area contributed by atoms with Gasteiger partial charge in [0.15, 0.2) is 5.82 Å². The third-order valence-electron chi connectivity index (χ3n) is 5.31. The summed E-state index contributed by atoms with van der Waals surface area (Å²) in [7, 11) is 0. The lowest BCUT2D eigenvalue weighted by atomic mass is 10.1. The molecule has 4 heterocycles. The number of pyridine rings is 1. The minimum Gasteiger partial charge on any atom is -0.352 e. The zero-order valence-corrected chi connectivity index (χ0v) is 16.8. The van der Waals surface area contributed by atoms with Crippen molar-refractivity contribution in [2.45, 2.75) is 39.0 Å². The van der Waals surface area contributed by atoms with Crippen LogP contribution in [-0.4, -0.2) is 55.3 Å². The topological polar surface area (TPSA) is 66.6 Å². The Hall–Kier alpha value is -3.17. The molecule has 0 radical (unpaired) electrons. The fourth-order valence-corrected chi connectivity index (χ4v) is 4.09. The normalized spacial score (nSPS) is 20.1.